The van der Waals surface area contributed by atoms with Crippen molar-refractivity contribution in [3.63, 3.8) is 0 Å². The van der Waals surface area contributed by atoms with Crippen LogP contribution in [-0.2, 0) is 11.8 Å². The topological polar surface area (TPSA) is 18.5 Å². The highest BCUT2D eigenvalue weighted by Gasteiger charge is 2.41. The fourth-order valence-corrected chi connectivity index (χ4v) is 3.52. The summed E-state index contributed by atoms with van der Waals surface area (Å²) in [7, 11) is 0. The van der Waals surface area contributed by atoms with Crippen molar-refractivity contribution >= 4 is 0 Å². The number of para-hydroxylation sites is 1. The van der Waals surface area contributed by atoms with Gasteiger partial charge in [0.1, 0.15) is 17.2 Å². The van der Waals surface area contributed by atoms with Gasteiger partial charge in [0.15, 0.2) is 0 Å². The van der Waals surface area contributed by atoms with E-state index < -0.39 is 0 Å². The molecule has 1 aliphatic rings. The van der Waals surface area contributed by atoms with Gasteiger partial charge in [-0.05, 0) is 73.7 Å². The number of hydrogen-bond acceptors (Lipinski definition) is 2. The van der Waals surface area contributed by atoms with Gasteiger partial charge in [0.2, 0.25) is 0 Å². The van der Waals surface area contributed by atoms with E-state index >= 15 is 0 Å². The molecule has 0 amide bonds. The van der Waals surface area contributed by atoms with Crippen LogP contribution >= 0.6 is 0 Å². The van der Waals surface area contributed by atoms with E-state index in [-0.39, 0.29) is 5.41 Å². The lowest BCUT2D eigenvalue weighted by Gasteiger charge is -2.12. The summed E-state index contributed by atoms with van der Waals surface area (Å²) < 4.78 is 11.5. The minimum Gasteiger partial charge on any atom is -0.494 e. The molecule has 3 aromatic carbocycles. The first-order chi connectivity index (χ1) is 13.8. The Bertz CT molecular complexity index is 922. The third-order valence-corrected chi connectivity index (χ3v) is 5.20. The maximum Gasteiger partial charge on any atom is 0.127 e. The maximum absolute atomic E-state index is 5.94. The predicted octanol–water partition coefficient (Wildman–Crippen LogP) is 6.71. The summed E-state index contributed by atoms with van der Waals surface area (Å²) in [5.41, 5.74) is 2.85. The number of hydrogen-bond donors (Lipinski definition) is 0. The first kappa shape index (κ1) is 18.4. The predicted molar refractivity (Wildman–Crippen MR) is 114 cm³/mol. The third kappa shape index (κ3) is 4.45. The lowest BCUT2D eigenvalue weighted by molar-refractivity contribution is 0.340. The summed E-state index contributed by atoms with van der Waals surface area (Å²) >= 11 is 0. The van der Waals surface area contributed by atoms with Crippen LogP contribution in [0.1, 0.15) is 30.9 Å². The lowest BCUT2D eigenvalue weighted by atomic mass is 9.94. The molecule has 0 aromatic heterocycles. The minimum atomic E-state index is 0.211. The highest BCUT2D eigenvalue weighted by atomic mass is 16.5. The SMILES string of the molecule is CCOc1ccc(C2(/C=C/Cc3cccc(Oc4ccccc4)c3)CC2)cc1. The number of allylic oxidation sites excluding steroid dienone is 2. The van der Waals surface area contributed by atoms with Gasteiger partial charge < -0.3 is 9.47 Å². The molecule has 1 fully saturated rings. The van der Waals surface area contributed by atoms with E-state index in [0.717, 1.165) is 23.7 Å². The molecule has 0 radical (unpaired) electrons. The summed E-state index contributed by atoms with van der Waals surface area (Å²) in [5, 5.41) is 0. The van der Waals surface area contributed by atoms with Crippen molar-refractivity contribution in [3.8, 4) is 17.2 Å². The molecular weight excluding hydrogens is 344 g/mol. The van der Waals surface area contributed by atoms with Crippen molar-refractivity contribution < 1.29 is 9.47 Å². The van der Waals surface area contributed by atoms with E-state index in [1.165, 1.54) is 24.0 Å². The minimum absolute atomic E-state index is 0.211. The summed E-state index contributed by atoms with van der Waals surface area (Å²) in [6, 6.07) is 26.8. The number of ether oxygens (including phenoxy) is 2. The van der Waals surface area contributed by atoms with Gasteiger partial charge in [-0.1, -0.05) is 54.6 Å². The largest absolute Gasteiger partial charge is 0.494 e. The van der Waals surface area contributed by atoms with Gasteiger partial charge in [-0.3, -0.25) is 0 Å². The monoisotopic (exact) mass is 370 g/mol. The second-order valence-electron chi connectivity index (χ2n) is 7.28. The van der Waals surface area contributed by atoms with Crippen LogP contribution in [0.15, 0.2) is 91.0 Å². The van der Waals surface area contributed by atoms with Crippen molar-refractivity contribution in [2.45, 2.75) is 31.6 Å². The van der Waals surface area contributed by atoms with Gasteiger partial charge in [0.25, 0.3) is 0 Å². The van der Waals surface area contributed by atoms with Gasteiger partial charge in [0, 0.05) is 5.41 Å². The van der Waals surface area contributed by atoms with Crippen molar-refractivity contribution in [2.24, 2.45) is 0 Å². The standard InChI is InChI=1S/C26H26O2/c1-2-27-23-15-13-22(14-16-23)26(18-19-26)17-7-9-21-8-6-12-25(20-21)28-24-10-4-3-5-11-24/h3-8,10-17,20H,2,9,18-19H2,1H3/b17-7+. The molecule has 0 aliphatic heterocycles. The smallest absolute Gasteiger partial charge is 0.127 e. The first-order valence-corrected chi connectivity index (χ1v) is 10.0. The highest BCUT2D eigenvalue weighted by Crippen LogP contribution is 2.49. The molecule has 1 saturated carbocycles. The maximum atomic E-state index is 5.94. The van der Waals surface area contributed by atoms with Crippen molar-refractivity contribution in [2.75, 3.05) is 6.61 Å². The Morgan fingerprint density at radius 2 is 1.57 bits per heavy atom. The van der Waals surface area contributed by atoms with Crippen molar-refractivity contribution in [1.29, 1.82) is 0 Å². The Hall–Kier alpha value is -3.00. The number of benzene rings is 3. The molecule has 0 saturated heterocycles. The van der Waals surface area contributed by atoms with Crippen LogP contribution in [0.3, 0.4) is 0 Å². The van der Waals surface area contributed by atoms with Crippen LogP contribution in [0.25, 0.3) is 0 Å². The van der Waals surface area contributed by atoms with E-state index in [4.69, 9.17) is 9.47 Å². The van der Waals surface area contributed by atoms with E-state index in [2.05, 4.69) is 54.6 Å². The fraction of sp³-hybridized carbons (Fsp3) is 0.231. The normalized spacial score (nSPS) is 14.8. The molecule has 0 bridgehead atoms. The molecular formula is C26H26O2. The van der Waals surface area contributed by atoms with Gasteiger partial charge >= 0.3 is 0 Å². The zero-order chi connectivity index (χ0) is 19.2. The third-order valence-electron chi connectivity index (χ3n) is 5.20. The molecule has 0 spiro atoms. The summed E-state index contributed by atoms with van der Waals surface area (Å²) in [4.78, 5) is 0. The van der Waals surface area contributed by atoms with Crippen LogP contribution in [0.4, 0.5) is 0 Å². The zero-order valence-electron chi connectivity index (χ0n) is 16.3. The molecule has 0 N–H and O–H groups in total. The van der Waals surface area contributed by atoms with Gasteiger partial charge in [-0.25, -0.2) is 0 Å². The van der Waals surface area contributed by atoms with E-state index in [9.17, 15) is 0 Å². The summed E-state index contributed by atoms with van der Waals surface area (Å²) in [5.74, 6) is 2.69. The van der Waals surface area contributed by atoms with Gasteiger partial charge in [-0.2, -0.15) is 0 Å². The van der Waals surface area contributed by atoms with E-state index in [1.54, 1.807) is 0 Å². The van der Waals surface area contributed by atoms with Crippen molar-refractivity contribution in [1.82, 2.24) is 0 Å². The average molecular weight is 370 g/mol. The highest BCUT2D eigenvalue weighted by molar-refractivity contribution is 5.41. The molecule has 2 heteroatoms. The Kier molecular flexibility index (Phi) is 5.48. The molecule has 28 heavy (non-hydrogen) atoms. The molecule has 0 atom stereocenters. The van der Waals surface area contributed by atoms with Crippen LogP contribution in [0.2, 0.25) is 0 Å². The van der Waals surface area contributed by atoms with Crippen molar-refractivity contribution in [3.05, 3.63) is 102 Å². The second-order valence-corrected chi connectivity index (χ2v) is 7.28. The van der Waals surface area contributed by atoms with Crippen LogP contribution < -0.4 is 9.47 Å². The molecule has 4 rings (SSSR count). The fourth-order valence-electron chi connectivity index (χ4n) is 3.52. The zero-order valence-corrected chi connectivity index (χ0v) is 16.3. The van der Waals surface area contributed by atoms with E-state index in [1.807, 2.05) is 43.3 Å². The average Bonchev–Trinajstić information content (AvgIpc) is 3.51. The van der Waals surface area contributed by atoms with Crippen LogP contribution in [0, 0.1) is 0 Å². The molecule has 1 aliphatic carbocycles. The second kappa shape index (κ2) is 8.35. The lowest BCUT2D eigenvalue weighted by Crippen LogP contribution is -2.02. The van der Waals surface area contributed by atoms with Gasteiger partial charge in [-0.15, -0.1) is 0 Å². The Balaban J connectivity index is 1.40. The molecule has 0 unspecified atom stereocenters. The Labute approximate surface area is 167 Å². The summed E-state index contributed by atoms with van der Waals surface area (Å²) in [6.07, 6.45) is 8.02. The number of rotatable bonds is 8. The molecule has 3 aromatic rings. The van der Waals surface area contributed by atoms with E-state index in [0.29, 0.717) is 6.61 Å². The quantitative estimate of drug-likeness (QED) is 0.410. The molecule has 0 heterocycles. The van der Waals surface area contributed by atoms with Crippen LogP contribution in [0.5, 0.6) is 17.2 Å². The molecule has 2 nitrogen and oxygen atoms in total. The Morgan fingerprint density at radius 1 is 0.821 bits per heavy atom. The molecule has 142 valence electrons. The Morgan fingerprint density at radius 3 is 2.29 bits per heavy atom. The van der Waals surface area contributed by atoms with Crippen LogP contribution in [-0.4, -0.2) is 6.61 Å². The first-order valence-electron chi connectivity index (χ1n) is 10.0. The van der Waals surface area contributed by atoms with Gasteiger partial charge in [0.05, 0.1) is 6.61 Å². The summed E-state index contributed by atoms with van der Waals surface area (Å²) in [6.45, 7) is 2.72.